The minimum absolute atomic E-state index is 0.924. The van der Waals surface area contributed by atoms with Gasteiger partial charge in [-0.1, -0.05) is 6.42 Å². The van der Waals surface area contributed by atoms with E-state index in [1.807, 2.05) is 0 Å². The summed E-state index contributed by atoms with van der Waals surface area (Å²) in [5.74, 6) is 1.06. The van der Waals surface area contributed by atoms with Crippen LogP contribution in [0.25, 0.3) is 0 Å². The fraction of sp³-hybridized carbons (Fsp3) is 1.00. The summed E-state index contributed by atoms with van der Waals surface area (Å²) in [6, 6.07) is 0.924. The van der Waals surface area contributed by atoms with Gasteiger partial charge in [0.05, 0.1) is 0 Å². The zero-order chi connectivity index (χ0) is 6.10. The SMILES string of the molecule is C1CC[C@H]2CCC2NC1. The number of rotatable bonds is 0. The summed E-state index contributed by atoms with van der Waals surface area (Å²) in [7, 11) is 0. The third-order valence-corrected chi connectivity index (χ3v) is 2.83. The van der Waals surface area contributed by atoms with Gasteiger partial charge in [0.1, 0.15) is 0 Å². The van der Waals surface area contributed by atoms with E-state index in [9.17, 15) is 0 Å². The summed E-state index contributed by atoms with van der Waals surface area (Å²) in [5, 5.41) is 3.58. The molecule has 0 amide bonds. The molecule has 1 heterocycles. The molecule has 1 saturated heterocycles. The number of hydrogen-bond donors (Lipinski definition) is 1. The van der Waals surface area contributed by atoms with Gasteiger partial charge in [-0.3, -0.25) is 0 Å². The van der Waals surface area contributed by atoms with Gasteiger partial charge in [0.2, 0.25) is 0 Å². The van der Waals surface area contributed by atoms with Crippen LogP contribution >= 0.6 is 0 Å². The maximum atomic E-state index is 3.58. The molecule has 0 aromatic rings. The van der Waals surface area contributed by atoms with E-state index in [0.29, 0.717) is 0 Å². The monoisotopic (exact) mass is 125 g/mol. The second-order valence-electron chi connectivity index (χ2n) is 3.39. The molecule has 1 N–H and O–H groups in total. The second-order valence-corrected chi connectivity index (χ2v) is 3.39. The van der Waals surface area contributed by atoms with Crippen LogP contribution in [0.5, 0.6) is 0 Å². The zero-order valence-corrected chi connectivity index (χ0v) is 5.90. The Labute approximate surface area is 56.8 Å². The van der Waals surface area contributed by atoms with Crippen LogP contribution in [0.4, 0.5) is 0 Å². The maximum absolute atomic E-state index is 3.58. The van der Waals surface area contributed by atoms with E-state index in [4.69, 9.17) is 0 Å². The van der Waals surface area contributed by atoms with Gasteiger partial charge in [0.15, 0.2) is 0 Å². The predicted molar refractivity (Wildman–Crippen MR) is 38.4 cm³/mol. The number of nitrogens with one attached hydrogen (secondary N) is 1. The standard InChI is InChI=1S/C8H15N/c1-2-6-9-8-5-4-7(8)3-1/h7-9H,1-6H2/t7-,8?/m0/s1. The zero-order valence-electron chi connectivity index (χ0n) is 5.90. The first kappa shape index (κ1) is 5.72. The molecule has 1 heteroatoms. The van der Waals surface area contributed by atoms with Crippen LogP contribution in [0.3, 0.4) is 0 Å². The molecular weight excluding hydrogens is 110 g/mol. The highest BCUT2D eigenvalue weighted by molar-refractivity contribution is 4.88. The van der Waals surface area contributed by atoms with Crippen molar-refractivity contribution in [2.45, 2.75) is 38.1 Å². The smallest absolute Gasteiger partial charge is 0.00954 e. The first-order valence-corrected chi connectivity index (χ1v) is 4.20. The van der Waals surface area contributed by atoms with Gasteiger partial charge < -0.3 is 5.32 Å². The van der Waals surface area contributed by atoms with Crippen LogP contribution < -0.4 is 5.32 Å². The lowest BCUT2D eigenvalue weighted by Gasteiger charge is -2.35. The van der Waals surface area contributed by atoms with Gasteiger partial charge in [-0.2, -0.15) is 0 Å². The van der Waals surface area contributed by atoms with E-state index >= 15 is 0 Å². The van der Waals surface area contributed by atoms with Crippen molar-refractivity contribution in [3.63, 3.8) is 0 Å². The minimum atomic E-state index is 0.924. The topological polar surface area (TPSA) is 12.0 Å². The molecular formula is C8H15N. The Balaban J connectivity index is 1.90. The van der Waals surface area contributed by atoms with E-state index in [0.717, 1.165) is 12.0 Å². The fourth-order valence-electron chi connectivity index (χ4n) is 2.00. The minimum Gasteiger partial charge on any atom is -0.314 e. The first-order valence-electron chi connectivity index (χ1n) is 4.20. The van der Waals surface area contributed by atoms with Gasteiger partial charge in [-0.25, -0.2) is 0 Å². The van der Waals surface area contributed by atoms with Crippen molar-refractivity contribution in [1.82, 2.24) is 5.32 Å². The summed E-state index contributed by atoms with van der Waals surface area (Å²) in [6.07, 6.45) is 7.32. The Morgan fingerprint density at radius 3 is 2.78 bits per heavy atom. The van der Waals surface area contributed by atoms with Gasteiger partial charge in [-0.15, -0.1) is 0 Å². The van der Waals surface area contributed by atoms with Crippen LogP contribution in [0.1, 0.15) is 32.1 Å². The molecule has 1 aliphatic carbocycles. The molecule has 0 radical (unpaired) electrons. The molecule has 9 heavy (non-hydrogen) atoms. The quantitative estimate of drug-likeness (QED) is 0.518. The normalized spacial score (nSPS) is 42.7. The lowest BCUT2D eigenvalue weighted by Crippen LogP contribution is -2.42. The Morgan fingerprint density at radius 1 is 1.00 bits per heavy atom. The van der Waals surface area contributed by atoms with Crippen molar-refractivity contribution in [2.24, 2.45) is 5.92 Å². The van der Waals surface area contributed by atoms with Crippen molar-refractivity contribution in [3.8, 4) is 0 Å². The Morgan fingerprint density at radius 2 is 2.00 bits per heavy atom. The second kappa shape index (κ2) is 2.30. The highest BCUT2D eigenvalue weighted by atomic mass is 14.9. The molecule has 0 aromatic heterocycles. The van der Waals surface area contributed by atoms with E-state index in [1.54, 1.807) is 0 Å². The molecule has 1 saturated carbocycles. The van der Waals surface area contributed by atoms with Crippen LogP contribution in [-0.4, -0.2) is 12.6 Å². The summed E-state index contributed by atoms with van der Waals surface area (Å²) >= 11 is 0. The molecule has 0 spiro atoms. The Bertz CT molecular complexity index is 88.7. The third kappa shape index (κ3) is 0.983. The van der Waals surface area contributed by atoms with Gasteiger partial charge in [0.25, 0.3) is 0 Å². The summed E-state index contributed by atoms with van der Waals surface area (Å²) in [6.45, 7) is 1.28. The van der Waals surface area contributed by atoms with E-state index in [2.05, 4.69) is 5.32 Å². The summed E-state index contributed by atoms with van der Waals surface area (Å²) in [5.41, 5.74) is 0. The highest BCUT2D eigenvalue weighted by Crippen LogP contribution is 2.33. The van der Waals surface area contributed by atoms with Crippen LogP contribution in [0.2, 0.25) is 0 Å². The van der Waals surface area contributed by atoms with E-state index < -0.39 is 0 Å². The Hall–Kier alpha value is -0.0400. The van der Waals surface area contributed by atoms with Crippen molar-refractivity contribution in [2.75, 3.05) is 6.54 Å². The third-order valence-electron chi connectivity index (χ3n) is 2.83. The van der Waals surface area contributed by atoms with Gasteiger partial charge >= 0.3 is 0 Å². The lowest BCUT2D eigenvalue weighted by molar-refractivity contribution is 0.215. The average Bonchev–Trinajstić information content (AvgIpc) is 1.94. The molecule has 0 bridgehead atoms. The largest absolute Gasteiger partial charge is 0.314 e. The highest BCUT2D eigenvalue weighted by Gasteiger charge is 2.30. The molecule has 2 aliphatic rings. The van der Waals surface area contributed by atoms with Crippen molar-refractivity contribution < 1.29 is 0 Å². The van der Waals surface area contributed by atoms with Crippen LogP contribution in [-0.2, 0) is 0 Å². The summed E-state index contributed by atoms with van der Waals surface area (Å²) in [4.78, 5) is 0. The maximum Gasteiger partial charge on any atom is 0.00954 e. The van der Waals surface area contributed by atoms with Gasteiger partial charge in [-0.05, 0) is 38.1 Å². The molecule has 2 fully saturated rings. The molecule has 1 nitrogen and oxygen atoms in total. The van der Waals surface area contributed by atoms with Crippen LogP contribution in [0.15, 0.2) is 0 Å². The van der Waals surface area contributed by atoms with E-state index in [-0.39, 0.29) is 0 Å². The summed E-state index contributed by atoms with van der Waals surface area (Å²) < 4.78 is 0. The molecule has 1 unspecified atom stereocenters. The Kier molecular flexibility index (Phi) is 1.46. The number of hydrogen-bond acceptors (Lipinski definition) is 1. The molecule has 1 aliphatic heterocycles. The van der Waals surface area contributed by atoms with Crippen molar-refractivity contribution in [1.29, 1.82) is 0 Å². The molecule has 2 rings (SSSR count). The molecule has 2 atom stereocenters. The first-order chi connectivity index (χ1) is 4.47. The fourth-order valence-corrected chi connectivity index (χ4v) is 2.00. The van der Waals surface area contributed by atoms with E-state index in [1.165, 1.54) is 38.6 Å². The molecule has 0 aromatic carbocycles. The average molecular weight is 125 g/mol. The predicted octanol–water partition coefficient (Wildman–Crippen LogP) is 1.54. The molecule has 52 valence electrons. The lowest BCUT2D eigenvalue weighted by atomic mass is 9.77. The van der Waals surface area contributed by atoms with Crippen molar-refractivity contribution in [3.05, 3.63) is 0 Å². The van der Waals surface area contributed by atoms with Crippen molar-refractivity contribution >= 4 is 0 Å². The number of fused-ring (bicyclic) bond motifs is 1. The van der Waals surface area contributed by atoms with Gasteiger partial charge in [0, 0.05) is 6.04 Å². The van der Waals surface area contributed by atoms with Crippen LogP contribution in [0, 0.1) is 5.92 Å².